The summed E-state index contributed by atoms with van der Waals surface area (Å²) >= 11 is 0. The van der Waals surface area contributed by atoms with Crippen LogP contribution in [0, 0.1) is 0 Å². The number of fused-ring (bicyclic) bond motifs is 1. The summed E-state index contributed by atoms with van der Waals surface area (Å²) in [5, 5.41) is 0. The van der Waals surface area contributed by atoms with Crippen molar-refractivity contribution in [1.29, 1.82) is 0 Å². The van der Waals surface area contributed by atoms with Gasteiger partial charge >= 0.3 is 6.03 Å². The van der Waals surface area contributed by atoms with Crippen molar-refractivity contribution >= 4 is 6.03 Å². The molecule has 2 aromatic rings. The third kappa shape index (κ3) is 2.38. The van der Waals surface area contributed by atoms with Crippen LogP contribution in [-0.2, 0) is 6.54 Å². The van der Waals surface area contributed by atoms with Crippen molar-refractivity contribution in [2.24, 2.45) is 0 Å². The summed E-state index contributed by atoms with van der Waals surface area (Å²) < 4.78 is 0. The number of urea groups is 1. The molecule has 0 radical (unpaired) electrons. The van der Waals surface area contributed by atoms with Crippen LogP contribution in [0.3, 0.4) is 0 Å². The Bertz CT molecular complexity index is 688. The lowest BCUT2D eigenvalue weighted by atomic mass is 9.93. The van der Waals surface area contributed by atoms with Crippen molar-refractivity contribution in [3.63, 3.8) is 0 Å². The van der Waals surface area contributed by atoms with E-state index in [1.54, 1.807) is 12.4 Å². The third-order valence-electron chi connectivity index (χ3n) is 5.30. The Hall–Kier alpha value is -2.36. The van der Waals surface area contributed by atoms with Gasteiger partial charge in [0.25, 0.3) is 0 Å². The van der Waals surface area contributed by atoms with Gasteiger partial charge in [0, 0.05) is 31.9 Å². The zero-order valence-corrected chi connectivity index (χ0v) is 13.3. The number of hydrogen-bond acceptors (Lipinski definition) is 2. The van der Waals surface area contributed by atoms with E-state index in [1.165, 1.54) is 5.56 Å². The zero-order chi connectivity index (χ0) is 15.8. The zero-order valence-electron chi connectivity index (χ0n) is 13.3. The van der Waals surface area contributed by atoms with Gasteiger partial charge in [-0.25, -0.2) is 4.79 Å². The van der Waals surface area contributed by atoms with E-state index in [0.717, 1.165) is 18.4 Å². The summed E-state index contributed by atoms with van der Waals surface area (Å²) in [5.41, 5.74) is 2.50. The lowest BCUT2D eigenvalue weighted by molar-refractivity contribution is 0.185. The van der Waals surface area contributed by atoms with E-state index in [4.69, 9.17) is 0 Å². The molecule has 2 aliphatic rings. The Balaban J connectivity index is 1.60. The number of rotatable bonds is 3. The standard InChI is InChI=1S/C19H21N3O/c1-21-18-16(15-5-3-2-4-6-15)7-8-17(18)22(19(21)23)13-14-9-11-20-12-10-14/h2-6,9-12,16-18H,7-8,13H2,1H3/t16-,17-,18+/m0/s1. The predicted molar refractivity (Wildman–Crippen MR) is 88.9 cm³/mol. The molecule has 23 heavy (non-hydrogen) atoms. The van der Waals surface area contributed by atoms with Gasteiger partial charge in [-0.2, -0.15) is 0 Å². The van der Waals surface area contributed by atoms with Crippen molar-refractivity contribution < 1.29 is 4.79 Å². The second kappa shape index (κ2) is 5.69. The highest BCUT2D eigenvalue weighted by atomic mass is 16.2. The lowest BCUT2D eigenvalue weighted by Crippen LogP contribution is -2.34. The molecule has 2 amide bonds. The molecule has 4 nitrogen and oxygen atoms in total. The maximum Gasteiger partial charge on any atom is 0.320 e. The van der Waals surface area contributed by atoms with Gasteiger partial charge in [0.05, 0.1) is 12.1 Å². The number of likely N-dealkylation sites (N-methyl/N-ethyl adjacent to an activating group) is 1. The molecular weight excluding hydrogens is 286 g/mol. The molecule has 0 bridgehead atoms. The predicted octanol–water partition coefficient (Wildman–Crippen LogP) is 3.26. The van der Waals surface area contributed by atoms with Crippen molar-refractivity contribution in [2.75, 3.05) is 7.05 Å². The van der Waals surface area contributed by atoms with Gasteiger partial charge in [0.1, 0.15) is 0 Å². The van der Waals surface area contributed by atoms with Crippen molar-refractivity contribution in [1.82, 2.24) is 14.8 Å². The number of benzene rings is 1. The van der Waals surface area contributed by atoms with E-state index < -0.39 is 0 Å². The van der Waals surface area contributed by atoms with Crippen molar-refractivity contribution in [3.05, 3.63) is 66.0 Å². The van der Waals surface area contributed by atoms with E-state index in [9.17, 15) is 4.79 Å². The maximum atomic E-state index is 12.7. The highest BCUT2D eigenvalue weighted by Crippen LogP contribution is 2.44. The molecular formula is C19H21N3O. The SMILES string of the molecule is CN1C(=O)N(Cc2ccncc2)[C@H]2CC[C@@H](c3ccccc3)[C@H]21. The third-order valence-corrected chi connectivity index (χ3v) is 5.30. The molecule has 118 valence electrons. The summed E-state index contributed by atoms with van der Waals surface area (Å²) in [4.78, 5) is 20.8. The van der Waals surface area contributed by atoms with E-state index in [2.05, 4.69) is 35.3 Å². The average Bonchev–Trinajstić information content (AvgIpc) is 3.13. The summed E-state index contributed by atoms with van der Waals surface area (Å²) in [6.07, 6.45) is 5.80. The first-order chi connectivity index (χ1) is 11.3. The molecule has 2 fully saturated rings. The summed E-state index contributed by atoms with van der Waals surface area (Å²) in [6.45, 7) is 0.675. The molecule has 4 rings (SSSR count). The molecule has 0 spiro atoms. The molecule has 1 saturated carbocycles. The van der Waals surface area contributed by atoms with Crippen LogP contribution in [0.1, 0.15) is 29.9 Å². The van der Waals surface area contributed by atoms with Gasteiger partial charge < -0.3 is 9.80 Å². The van der Waals surface area contributed by atoms with Gasteiger partial charge in [-0.15, -0.1) is 0 Å². The van der Waals surface area contributed by atoms with Crippen LogP contribution in [0.25, 0.3) is 0 Å². The number of carbonyl (C=O) groups is 1. The number of amides is 2. The number of carbonyl (C=O) groups excluding carboxylic acids is 1. The molecule has 1 aliphatic carbocycles. The van der Waals surface area contributed by atoms with Crippen molar-refractivity contribution in [3.8, 4) is 0 Å². The Morgan fingerprint density at radius 2 is 1.83 bits per heavy atom. The minimum absolute atomic E-state index is 0.150. The maximum absolute atomic E-state index is 12.7. The Labute approximate surface area is 136 Å². The highest BCUT2D eigenvalue weighted by Gasteiger charge is 2.51. The first-order valence-corrected chi connectivity index (χ1v) is 8.23. The Morgan fingerprint density at radius 3 is 2.57 bits per heavy atom. The first-order valence-electron chi connectivity index (χ1n) is 8.23. The minimum Gasteiger partial charge on any atom is -0.322 e. The molecule has 0 unspecified atom stereocenters. The summed E-state index contributed by atoms with van der Waals surface area (Å²) in [7, 11) is 1.95. The minimum atomic E-state index is 0.150. The van der Waals surface area contributed by atoms with Crippen LogP contribution in [0.5, 0.6) is 0 Å². The summed E-state index contributed by atoms with van der Waals surface area (Å²) in [6, 6.07) is 15.3. The molecule has 0 N–H and O–H groups in total. The van der Waals surface area contributed by atoms with Crippen LogP contribution < -0.4 is 0 Å². The van der Waals surface area contributed by atoms with Crippen LogP contribution in [-0.4, -0.2) is 39.9 Å². The van der Waals surface area contributed by atoms with Gasteiger partial charge in [0.15, 0.2) is 0 Å². The van der Waals surface area contributed by atoms with Gasteiger partial charge in [-0.05, 0) is 36.1 Å². The van der Waals surface area contributed by atoms with Gasteiger partial charge in [-0.1, -0.05) is 30.3 Å². The molecule has 1 aromatic carbocycles. The van der Waals surface area contributed by atoms with Crippen LogP contribution in [0.15, 0.2) is 54.9 Å². The first kappa shape index (κ1) is 14.2. The normalized spacial score (nSPS) is 26.7. The quantitative estimate of drug-likeness (QED) is 0.872. The van der Waals surface area contributed by atoms with Crippen LogP contribution >= 0.6 is 0 Å². The molecule has 1 aromatic heterocycles. The Morgan fingerprint density at radius 1 is 1.09 bits per heavy atom. The van der Waals surface area contributed by atoms with E-state index in [0.29, 0.717) is 18.5 Å². The number of nitrogens with zero attached hydrogens (tertiary/aromatic N) is 3. The number of pyridine rings is 1. The fourth-order valence-corrected chi connectivity index (χ4v) is 4.23. The molecule has 2 heterocycles. The van der Waals surface area contributed by atoms with E-state index in [1.807, 2.05) is 29.0 Å². The topological polar surface area (TPSA) is 36.4 Å². The van der Waals surface area contributed by atoms with Crippen LogP contribution in [0.4, 0.5) is 4.79 Å². The fourth-order valence-electron chi connectivity index (χ4n) is 4.23. The van der Waals surface area contributed by atoms with E-state index in [-0.39, 0.29) is 12.1 Å². The molecule has 4 heteroatoms. The second-order valence-electron chi connectivity index (χ2n) is 6.53. The fraction of sp³-hybridized carbons (Fsp3) is 0.368. The molecule has 1 aliphatic heterocycles. The molecule has 1 saturated heterocycles. The monoisotopic (exact) mass is 307 g/mol. The van der Waals surface area contributed by atoms with Gasteiger partial charge in [-0.3, -0.25) is 4.98 Å². The van der Waals surface area contributed by atoms with Crippen LogP contribution in [0.2, 0.25) is 0 Å². The average molecular weight is 307 g/mol. The van der Waals surface area contributed by atoms with Gasteiger partial charge in [0.2, 0.25) is 0 Å². The number of hydrogen-bond donors (Lipinski definition) is 0. The van der Waals surface area contributed by atoms with E-state index >= 15 is 0 Å². The smallest absolute Gasteiger partial charge is 0.320 e. The number of aromatic nitrogens is 1. The Kier molecular flexibility index (Phi) is 3.52. The summed E-state index contributed by atoms with van der Waals surface area (Å²) in [5.74, 6) is 0.442. The lowest BCUT2D eigenvalue weighted by Gasteiger charge is -2.24. The van der Waals surface area contributed by atoms with Crippen molar-refractivity contribution in [2.45, 2.75) is 37.4 Å². The highest BCUT2D eigenvalue weighted by molar-refractivity contribution is 5.78. The second-order valence-corrected chi connectivity index (χ2v) is 6.53. The molecule has 3 atom stereocenters. The largest absolute Gasteiger partial charge is 0.322 e.